The molecule has 2 aliphatic heterocycles. The van der Waals surface area contributed by atoms with Gasteiger partial charge in [0.2, 0.25) is 0 Å². The predicted molar refractivity (Wildman–Crippen MR) is 96.9 cm³/mol. The number of morpholine rings is 1. The fourth-order valence-corrected chi connectivity index (χ4v) is 4.01. The molecule has 1 atom stereocenters. The Morgan fingerprint density at radius 3 is 2.88 bits per heavy atom. The van der Waals surface area contributed by atoms with Crippen LogP contribution in [0.4, 0.5) is 0 Å². The maximum atomic E-state index is 13.1. The van der Waals surface area contributed by atoms with Crippen LogP contribution in [-0.4, -0.2) is 61.1 Å². The first kappa shape index (κ1) is 16.6. The van der Waals surface area contributed by atoms with E-state index in [1.165, 1.54) is 5.56 Å². The van der Waals surface area contributed by atoms with E-state index < -0.39 is 0 Å². The zero-order valence-corrected chi connectivity index (χ0v) is 14.9. The number of furan rings is 1. The lowest BCUT2D eigenvalue weighted by Crippen LogP contribution is -2.52. The number of rotatable bonds is 3. The zero-order chi connectivity index (χ0) is 17.2. The summed E-state index contributed by atoms with van der Waals surface area (Å²) in [5.41, 5.74) is 2.73. The third-order valence-electron chi connectivity index (χ3n) is 5.52. The van der Waals surface area contributed by atoms with E-state index in [0.717, 1.165) is 69.6 Å². The Bertz CT molecular complexity index is 748. The normalized spacial score (nSPS) is 22.4. The molecule has 0 saturated carbocycles. The van der Waals surface area contributed by atoms with E-state index in [2.05, 4.69) is 24.0 Å². The molecule has 1 aromatic heterocycles. The molecule has 1 amide bonds. The van der Waals surface area contributed by atoms with Crippen molar-refractivity contribution < 1.29 is 13.9 Å². The van der Waals surface area contributed by atoms with Crippen LogP contribution in [0.3, 0.4) is 0 Å². The second-order valence-electron chi connectivity index (χ2n) is 7.03. The van der Waals surface area contributed by atoms with Crippen LogP contribution in [0.2, 0.25) is 0 Å². The van der Waals surface area contributed by atoms with Gasteiger partial charge in [-0.3, -0.25) is 9.69 Å². The maximum Gasteiger partial charge on any atom is 0.257 e. The van der Waals surface area contributed by atoms with Crippen molar-refractivity contribution in [3.05, 3.63) is 35.6 Å². The number of carbonyl (C=O) groups excluding carboxylic acids is 1. The largest absolute Gasteiger partial charge is 0.463 e. The molecule has 1 aromatic carbocycles. The molecule has 2 aromatic rings. The van der Waals surface area contributed by atoms with E-state index in [1.807, 2.05) is 11.0 Å². The van der Waals surface area contributed by atoms with Gasteiger partial charge in [-0.25, -0.2) is 0 Å². The van der Waals surface area contributed by atoms with Crippen molar-refractivity contribution in [2.24, 2.45) is 0 Å². The highest BCUT2D eigenvalue weighted by Crippen LogP contribution is 2.26. The first-order chi connectivity index (χ1) is 12.3. The van der Waals surface area contributed by atoms with Crippen LogP contribution in [0.1, 0.15) is 35.7 Å². The fourth-order valence-electron chi connectivity index (χ4n) is 4.01. The molecule has 0 radical (unpaired) electrons. The summed E-state index contributed by atoms with van der Waals surface area (Å²) in [6, 6.07) is 6.58. The molecule has 0 bridgehead atoms. The summed E-state index contributed by atoms with van der Waals surface area (Å²) in [5, 5.41) is 0.942. The fraction of sp³-hybridized carbons (Fsp3) is 0.550. The minimum absolute atomic E-state index is 0.102. The first-order valence-electron chi connectivity index (χ1n) is 9.37. The number of carbonyl (C=O) groups is 1. The van der Waals surface area contributed by atoms with Crippen molar-refractivity contribution in [2.45, 2.75) is 32.2 Å². The average Bonchev–Trinajstić information content (AvgIpc) is 3.11. The van der Waals surface area contributed by atoms with Crippen molar-refractivity contribution >= 4 is 16.9 Å². The molecular weight excluding hydrogens is 316 g/mol. The van der Waals surface area contributed by atoms with Crippen LogP contribution >= 0.6 is 0 Å². The van der Waals surface area contributed by atoms with Gasteiger partial charge in [0.1, 0.15) is 11.8 Å². The molecule has 5 heteroatoms. The van der Waals surface area contributed by atoms with Gasteiger partial charge in [0.25, 0.3) is 5.91 Å². The molecular formula is C20H26N2O3. The van der Waals surface area contributed by atoms with Crippen molar-refractivity contribution in [3.63, 3.8) is 0 Å². The van der Waals surface area contributed by atoms with E-state index in [4.69, 9.17) is 9.15 Å². The van der Waals surface area contributed by atoms with Crippen LogP contribution in [-0.2, 0) is 11.2 Å². The molecule has 0 aliphatic carbocycles. The Kier molecular flexibility index (Phi) is 4.77. The predicted octanol–water partition coefficient (Wildman–Crippen LogP) is 2.93. The molecule has 2 aliphatic rings. The summed E-state index contributed by atoms with van der Waals surface area (Å²) in [6.45, 7) is 7.31. The molecule has 0 spiro atoms. The second-order valence-corrected chi connectivity index (χ2v) is 7.03. The number of likely N-dealkylation sites (tertiary alicyclic amines) is 1. The molecule has 2 saturated heterocycles. The molecule has 3 heterocycles. The standard InChI is InChI=1S/C20H26N2O3/c1-2-15-5-6-19-17(12-15)18(14-25-19)20(23)22-7-3-4-16(13-22)21-8-10-24-11-9-21/h5-6,12,14,16H,2-4,7-11,13H2,1H3. The average molecular weight is 342 g/mol. The number of aryl methyl sites for hydroxylation is 1. The highest BCUT2D eigenvalue weighted by atomic mass is 16.5. The van der Waals surface area contributed by atoms with Gasteiger partial charge in [-0.1, -0.05) is 13.0 Å². The minimum Gasteiger partial charge on any atom is -0.463 e. The topological polar surface area (TPSA) is 45.9 Å². The Labute approximate surface area is 148 Å². The van der Waals surface area contributed by atoms with Gasteiger partial charge in [-0.05, 0) is 37.0 Å². The summed E-state index contributed by atoms with van der Waals surface area (Å²) >= 11 is 0. The molecule has 25 heavy (non-hydrogen) atoms. The van der Waals surface area contributed by atoms with Crippen molar-refractivity contribution in [3.8, 4) is 0 Å². The summed E-state index contributed by atoms with van der Waals surface area (Å²) in [6.07, 6.45) is 4.81. The van der Waals surface area contributed by atoms with Gasteiger partial charge >= 0.3 is 0 Å². The van der Waals surface area contributed by atoms with Gasteiger partial charge in [-0.15, -0.1) is 0 Å². The molecule has 5 nitrogen and oxygen atoms in total. The van der Waals surface area contributed by atoms with E-state index in [1.54, 1.807) is 6.26 Å². The van der Waals surface area contributed by atoms with Gasteiger partial charge in [-0.2, -0.15) is 0 Å². The molecule has 134 valence electrons. The molecule has 4 rings (SSSR count). The zero-order valence-electron chi connectivity index (χ0n) is 14.9. The number of fused-ring (bicyclic) bond motifs is 1. The summed E-state index contributed by atoms with van der Waals surface area (Å²) in [5.74, 6) is 0.102. The van der Waals surface area contributed by atoms with Crippen LogP contribution < -0.4 is 0 Å². The smallest absolute Gasteiger partial charge is 0.257 e. The first-order valence-corrected chi connectivity index (χ1v) is 9.37. The number of hydrogen-bond donors (Lipinski definition) is 0. The molecule has 2 fully saturated rings. The number of ether oxygens (including phenoxy) is 1. The highest BCUT2D eigenvalue weighted by Gasteiger charge is 2.30. The van der Waals surface area contributed by atoms with Crippen molar-refractivity contribution in [1.29, 1.82) is 0 Å². The van der Waals surface area contributed by atoms with E-state index >= 15 is 0 Å². The number of benzene rings is 1. The maximum absolute atomic E-state index is 13.1. The Morgan fingerprint density at radius 1 is 1.24 bits per heavy atom. The van der Waals surface area contributed by atoms with Crippen molar-refractivity contribution in [2.75, 3.05) is 39.4 Å². The number of nitrogens with zero attached hydrogens (tertiary/aromatic N) is 2. The summed E-state index contributed by atoms with van der Waals surface area (Å²) in [4.78, 5) is 17.6. The quantitative estimate of drug-likeness (QED) is 0.860. The van der Waals surface area contributed by atoms with Crippen LogP contribution in [0.25, 0.3) is 11.0 Å². The Hall–Kier alpha value is -1.85. The van der Waals surface area contributed by atoms with E-state index in [0.29, 0.717) is 11.6 Å². The SMILES string of the molecule is CCc1ccc2occ(C(=O)N3CCCC(N4CCOCC4)C3)c2c1. The van der Waals surface area contributed by atoms with Crippen molar-refractivity contribution in [1.82, 2.24) is 9.80 Å². The van der Waals surface area contributed by atoms with Gasteiger partial charge < -0.3 is 14.1 Å². The third-order valence-corrected chi connectivity index (χ3v) is 5.52. The lowest BCUT2D eigenvalue weighted by Gasteiger charge is -2.40. The monoisotopic (exact) mass is 342 g/mol. The highest BCUT2D eigenvalue weighted by molar-refractivity contribution is 6.06. The van der Waals surface area contributed by atoms with Gasteiger partial charge in [0.15, 0.2) is 0 Å². The summed E-state index contributed by atoms with van der Waals surface area (Å²) in [7, 11) is 0. The minimum atomic E-state index is 0.102. The summed E-state index contributed by atoms with van der Waals surface area (Å²) < 4.78 is 11.1. The number of piperidine rings is 1. The molecule has 0 N–H and O–H groups in total. The Morgan fingerprint density at radius 2 is 2.08 bits per heavy atom. The lowest BCUT2D eigenvalue weighted by atomic mass is 10.0. The third kappa shape index (κ3) is 3.31. The molecule has 1 unspecified atom stereocenters. The van der Waals surface area contributed by atoms with Crippen LogP contribution in [0, 0.1) is 0 Å². The number of hydrogen-bond acceptors (Lipinski definition) is 4. The Balaban J connectivity index is 1.53. The van der Waals surface area contributed by atoms with Crippen LogP contribution in [0.15, 0.2) is 28.9 Å². The van der Waals surface area contributed by atoms with Gasteiger partial charge in [0, 0.05) is 37.6 Å². The second kappa shape index (κ2) is 7.18. The lowest BCUT2D eigenvalue weighted by molar-refractivity contribution is -0.00119. The van der Waals surface area contributed by atoms with E-state index in [-0.39, 0.29) is 5.91 Å². The van der Waals surface area contributed by atoms with Crippen LogP contribution in [0.5, 0.6) is 0 Å². The number of amides is 1. The van der Waals surface area contributed by atoms with Gasteiger partial charge in [0.05, 0.1) is 18.8 Å². The van der Waals surface area contributed by atoms with E-state index in [9.17, 15) is 4.79 Å².